The molecule has 0 fully saturated rings. The lowest BCUT2D eigenvalue weighted by atomic mass is 10.0. The molecule has 0 aromatic rings. The molecule has 1 atom stereocenters. The normalized spacial score (nSPS) is 12.2. The van der Waals surface area contributed by atoms with E-state index in [2.05, 4.69) is 57.2 Å². The van der Waals surface area contributed by atoms with E-state index in [0.29, 0.717) is 19.3 Å². The summed E-state index contributed by atoms with van der Waals surface area (Å²) in [6, 6.07) is 0. The Kier molecular flexibility index (Phi) is 66.1. The molecule has 0 aromatic carbocycles. The molecule has 0 aliphatic rings. The van der Waals surface area contributed by atoms with Gasteiger partial charge in [0.1, 0.15) is 13.2 Å². The highest BCUT2D eigenvalue weighted by atomic mass is 16.6. The molecule has 6 nitrogen and oxygen atoms in total. The first-order chi connectivity index (χ1) is 39.0. The lowest BCUT2D eigenvalue weighted by Crippen LogP contribution is -2.30. The second-order valence-electron chi connectivity index (χ2n) is 24.1. The van der Waals surface area contributed by atoms with E-state index in [1.54, 1.807) is 0 Å². The monoisotopic (exact) mass is 1110 g/mol. The number of hydrogen-bond donors (Lipinski definition) is 0. The molecule has 0 spiro atoms. The zero-order valence-corrected chi connectivity index (χ0v) is 53.4. The minimum Gasteiger partial charge on any atom is -0.462 e. The Balaban J connectivity index is 4.17. The molecular weight excluding hydrogens is 973 g/mol. The molecule has 464 valence electrons. The average Bonchev–Trinajstić information content (AvgIpc) is 3.45. The maximum absolute atomic E-state index is 12.9. The molecule has 0 amide bonds. The summed E-state index contributed by atoms with van der Waals surface area (Å²) in [5.74, 6) is -0.841. The molecule has 0 radical (unpaired) electrons. The van der Waals surface area contributed by atoms with E-state index in [-0.39, 0.29) is 31.1 Å². The van der Waals surface area contributed by atoms with Crippen molar-refractivity contribution in [2.45, 2.75) is 399 Å². The molecule has 0 rings (SSSR count). The first kappa shape index (κ1) is 76.6. The van der Waals surface area contributed by atoms with Gasteiger partial charge in [0.05, 0.1) is 0 Å². The second kappa shape index (κ2) is 68.1. The van der Waals surface area contributed by atoms with Crippen LogP contribution in [0.15, 0.2) is 36.5 Å². The van der Waals surface area contributed by atoms with Gasteiger partial charge in [0.15, 0.2) is 6.10 Å². The summed E-state index contributed by atoms with van der Waals surface area (Å²) < 4.78 is 17.0. The molecule has 6 heteroatoms. The summed E-state index contributed by atoms with van der Waals surface area (Å²) >= 11 is 0. The minimum atomic E-state index is -0.770. The van der Waals surface area contributed by atoms with Crippen LogP contribution in [-0.2, 0) is 28.6 Å². The Morgan fingerprint density at radius 3 is 0.709 bits per heavy atom. The molecule has 0 saturated heterocycles. The van der Waals surface area contributed by atoms with E-state index in [9.17, 15) is 14.4 Å². The van der Waals surface area contributed by atoms with Crippen molar-refractivity contribution in [3.63, 3.8) is 0 Å². The van der Waals surface area contributed by atoms with Gasteiger partial charge >= 0.3 is 17.9 Å². The Morgan fingerprint density at radius 1 is 0.253 bits per heavy atom. The average molecular weight is 1110 g/mol. The van der Waals surface area contributed by atoms with Gasteiger partial charge in [-0.3, -0.25) is 14.4 Å². The number of hydrogen-bond acceptors (Lipinski definition) is 6. The molecule has 0 aromatic heterocycles. The highest BCUT2D eigenvalue weighted by Crippen LogP contribution is 2.18. The first-order valence-corrected chi connectivity index (χ1v) is 35.5. The third kappa shape index (κ3) is 66.3. The van der Waals surface area contributed by atoms with Crippen LogP contribution in [0.3, 0.4) is 0 Å². The van der Waals surface area contributed by atoms with Crippen LogP contribution in [-0.4, -0.2) is 37.2 Å². The topological polar surface area (TPSA) is 78.9 Å². The van der Waals surface area contributed by atoms with Gasteiger partial charge in [-0.15, -0.1) is 0 Å². The van der Waals surface area contributed by atoms with Gasteiger partial charge in [-0.25, -0.2) is 0 Å². The van der Waals surface area contributed by atoms with Gasteiger partial charge in [-0.05, 0) is 77.0 Å². The van der Waals surface area contributed by atoms with Crippen LogP contribution in [0.2, 0.25) is 0 Å². The molecule has 0 bridgehead atoms. The first-order valence-electron chi connectivity index (χ1n) is 35.5. The number of ether oxygens (including phenoxy) is 3. The Hall–Kier alpha value is -2.37. The molecule has 0 aliphatic carbocycles. The quantitative estimate of drug-likeness (QED) is 0.0261. The van der Waals surface area contributed by atoms with Crippen molar-refractivity contribution in [1.82, 2.24) is 0 Å². The number of carbonyl (C=O) groups excluding carboxylic acids is 3. The van der Waals surface area contributed by atoms with Crippen LogP contribution in [0.5, 0.6) is 0 Å². The van der Waals surface area contributed by atoms with Crippen LogP contribution in [0.1, 0.15) is 393 Å². The van der Waals surface area contributed by atoms with E-state index < -0.39 is 6.10 Å². The summed E-state index contributed by atoms with van der Waals surface area (Å²) in [6.45, 7) is 6.69. The smallest absolute Gasteiger partial charge is 0.306 e. The lowest BCUT2D eigenvalue weighted by molar-refractivity contribution is -0.167. The summed E-state index contributed by atoms with van der Waals surface area (Å²) in [5, 5.41) is 0. The molecule has 79 heavy (non-hydrogen) atoms. The van der Waals surface area contributed by atoms with Gasteiger partial charge in [0.2, 0.25) is 0 Å². The SMILES string of the molecule is CCCCCCC/C=C\C/C=C\CCCCCCCCCCCCCCCCCC(=O)OCC(COC(=O)CCCCCCCCCCCCC)OC(=O)CCCCCCCCCCCCC/C=C\CCCCCCCCCC. The molecule has 0 aliphatic heterocycles. The van der Waals surface area contributed by atoms with Crippen LogP contribution >= 0.6 is 0 Å². The highest BCUT2D eigenvalue weighted by molar-refractivity contribution is 5.71. The van der Waals surface area contributed by atoms with E-state index in [1.165, 1.54) is 289 Å². The largest absolute Gasteiger partial charge is 0.462 e. The van der Waals surface area contributed by atoms with E-state index in [1.807, 2.05) is 0 Å². The van der Waals surface area contributed by atoms with E-state index in [0.717, 1.165) is 64.2 Å². The Bertz CT molecular complexity index is 1320. The minimum absolute atomic E-state index is 0.0668. The summed E-state index contributed by atoms with van der Waals surface area (Å²) in [7, 11) is 0. The predicted molar refractivity (Wildman–Crippen MR) is 344 cm³/mol. The Morgan fingerprint density at radius 2 is 0.456 bits per heavy atom. The van der Waals surface area contributed by atoms with E-state index >= 15 is 0 Å². The third-order valence-electron chi connectivity index (χ3n) is 16.1. The maximum Gasteiger partial charge on any atom is 0.306 e. The van der Waals surface area contributed by atoms with Crippen LogP contribution in [0.25, 0.3) is 0 Å². The van der Waals surface area contributed by atoms with Crippen LogP contribution < -0.4 is 0 Å². The van der Waals surface area contributed by atoms with Crippen molar-refractivity contribution in [1.29, 1.82) is 0 Å². The van der Waals surface area contributed by atoms with Crippen molar-refractivity contribution < 1.29 is 28.6 Å². The van der Waals surface area contributed by atoms with Crippen molar-refractivity contribution in [2.75, 3.05) is 13.2 Å². The standard InChI is InChI=1S/C73H136O6/c1-4-7-10-13-16-19-22-24-26-28-30-32-34-35-36-37-39-40-42-44-46-48-51-54-57-60-63-66-72(75)78-69-70(68-77-71(74)65-62-59-56-53-50-21-18-15-12-9-6-3)79-73(76)67-64-61-58-55-52-49-47-45-43-41-38-33-31-29-27-25-23-20-17-14-11-8-5-2/h22,24,28-31,70H,4-21,23,25-27,32-69H2,1-3H3/b24-22-,30-28-,31-29-. The Labute approximate surface area is 493 Å². The summed E-state index contributed by atoms with van der Waals surface area (Å²) in [6.07, 6.45) is 84.6. The van der Waals surface area contributed by atoms with E-state index in [4.69, 9.17) is 14.2 Å². The van der Waals surface area contributed by atoms with Crippen molar-refractivity contribution in [3.05, 3.63) is 36.5 Å². The third-order valence-corrected chi connectivity index (χ3v) is 16.1. The fourth-order valence-corrected chi connectivity index (χ4v) is 10.8. The number of rotatable bonds is 66. The maximum atomic E-state index is 12.9. The number of allylic oxidation sites excluding steroid dienone is 6. The van der Waals surface area contributed by atoms with Gasteiger partial charge in [-0.2, -0.15) is 0 Å². The molecule has 1 unspecified atom stereocenters. The van der Waals surface area contributed by atoms with Crippen molar-refractivity contribution >= 4 is 17.9 Å². The van der Waals surface area contributed by atoms with Crippen molar-refractivity contribution in [2.24, 2.45) is 0 Å². The molecule has 0 saturated carbocycles. The zero-order valence-electron chi connectivity index (χ0n) is 53.4. The highest BCUT2D eigenvalue weighted by Gasteiger charge is 2.19. The number of esters is 3. The van der Waals surface area contributed by atoms with Crippen LogP contribution in [0.4, 0.5) is 0 Å². The van der Waals surface area contributed by atoms with Gasteiger partial charge < -0.3 is 14.2 Å². The zero-order chi connectivity index (χ0) is 57.1. The number of carbonyl (C=O) groups is 3. The molecule has 0 N–H and O–H groups in total. The van der Waals surface area contributed by atoms with Crippen LogP contribution in [0, 0.1) is 0 Å². The summed E-state index contributed by atoms with van der Waals surface area (Å²) in [4.78, 5) is 38.4. The summed E-state index contributed by atoms with van der Waals surface area (Å²) in [5.41, 5.74) is 0. The molecule has 0 heterocycles. The fraction of sp³-hybridized carbons (Fsp3) is 0.877. The second-order valence-corrected chi connectivity index (χ2v) is 24.1. The van der Waals surface area contributed by atoms with Gasteiger partial charge in [0.25, 0.3) is 0 Å². The number of unbranched alkanes of at least 4 members (excludes halogenated alkanes) is 49. The van der Waals surface area contributed by atoms with Gasteiger partial charge in [0, 0.05) is 19.3 Å². The molecular formula is C73H136O6. The van der Waals surface area contributed by atoms with Crippen molar-refractivity contribution in [3.8, 4) is 0 Å². The lowest BCUT2D eigenvalue weighted by Gasteiger charge is -2.18. The van der Waals surface area contributed by atoms with Gasteiger partial charge in [-0.1, -0.05) is 333 Å². The fourth-order valence-electron chi connectivity index (χ4n) is 10.8. The predicted octanol–water partition coefficient (Wildman–Crippen LogP) is 24.3.